The highest BCUT2D eigenvalue weighted by atomic mass is 19.4. The lowest BCUT2D eigenvalue weighted by atomic mass is 10.0. The molecule has 0 saturated heterocycles. The van der Waals surface area contributed by atoms with Crippen LogP contribution in [0.1, 0.15) is 39.8 Å². The van der Waals surface area contributed by atoms with E-state index >= 15 is 0 Å². The molecule has 0 aliphatic carbocycles. The fourth-order valence-electron chi connectivity index (χ4n) is 2.32. The van der Waals surface area contributed by atoms with Gasteiger partial charge in [-0.05, 0) is 56.0 Å². The van der Waals surface area contributed by atoms with Crippen molar-refractivity contribution in [2.45, 2.75) is 32.9 Å². The molecule has 0 aliphatic heterocycles. The molecule has 0 atom stereocenters. The van der Waals surface area contributed by atoms with Gasteiger partial charge in [0.1, 0.15) is 5.69 Å². The van der Waals surface area contributed by atoms with Crippen molar-refractivity contribution in [1.29, 1.82) is 0 Å². The van der Waals surface area contributed by atoms with Crippen LogP contribution in [-0.2, 0) is 23.8 Å². The molecular weight excluding hydrogens is 307 g/mol. The number of nitrogens with one attached hydrogen (secondary N) is 1. The van der Waals surface area contributed by atoms with Gasteiger partial charge in [-0.3, -0.25) is 0 Å². The number of rotatable bonds is 5. The molecule has 1 heterocycles. The smallest absolute Gasteiger partial charge is 0.416 e. The number of hydrogen-bond acceptors (Lipinski definition) is 2. The summed E-state index contributed by atoms with van der Waals surface area (Å²) in [5, 5.41) is 0. The molecule has 0 radical (unpaired) electrons. The summed E-state index contributed by atoms with van der Waals surface area (Å²) in [4.78, 5) is 14.6. The number of hydrogen-bond donors (Lipinski definition) is 1. The van der Waals surface area contributed by atoms with Gasteiger partial charge in [0.25, 0.3) is 0 Å². The minimum Gasteiger partial charge on any atom is -0.461 e. The topological polar surface area (TPSA) is 42.1 Å². The van der Waals surface area contributed by atoms with Crippen LogP contribution in [0.3, 0.4) is 0 Å². The highest BCUT2D eigenvalue weighted by Crippen LogP contribution is 2.29. The Balaban J connectivity index is 2.02. The highest BCUT2D eigenvalue weighted by molar-refractivity contribution is 5.87. The molecule has 1 N–H and O–H groups in total. The zero-order valence-electron chi connectivity index (χ0n) is 13.0. The fraction of sp³-hybridized carbons (Fsp3) is 0.353. The Kier molecular flexibility index (Phi) is 5.13. The summed E-state index contributed by atoms with van der Waals surface area (Å²) < 4.78 is 42.5. The van der Waals surface area contributed by atoms with Gasteiger partial charge in [0.2, 0.25) is 0 Å². The second-order valence-corrected chi connectivity index (χ2v) is 5.25. The Bertz CT molecular complexity index is 672. The zero-order chi connectivity index (χ0) is 17.0. The summed E-state index contributed by atoms with van der Waals surface area (Å²) in [7, 11) is 0. The lowest BCUT2D eigenvalue weighted by Crippen LogP contribution is -2.04. The average molecular weight is 325 g/mol. The van der Waals surface area contributed by atoms with E-state index < -0.39 is 17.7 Å². The summed E-state index contributed by atoms with van der Waals surface area (Å²) >= 11 is 0. The molecule has 2 rings (SSSR count). The van der Waals surface area contributed by atoms with Crippen LogP contribution in [0, 0.1) is 6.92 Å². The molecule has 0 spiro atoms. The van der Waals surface area contributed by atoms with Crippen LogP contribution < -0.4 is 0 Å². The van der Waals surface area contributed by atoms with Crippen molar-refractivity contribution in [2.24, 2.45) is 0 Å². The average Bonchev–Trinajstić information content (AvgIpc) is 2.86. The lowest BCUT2D eigenvalue weighted by Gasteiger charge is -2.07. The molecule has 0 fully saturated rings. The molecule has 1 aromatic heterocycles. The number of carbonyl (C=O) groups is 1. The van der Waals surface area contributed by atoms with Gasteiger partial charge in [-0.1, -0.05) is 12.1 Å². The van der Waals surface area contributed by atoms with Crippen LogP contribution in [0.15, 0.2) is 30.3 Å². The Labute approximate surface area is 132 Å². The van der Waals surface area contributed by atoms with Crippen molar-refractivity contribution >= 4 is 5.97 Å². The van der Waals surface area contributed by atoms with Crippen LogP contribution in [0.25, 0.3) is 0 Å². The molecule has 0 aliphatic rings. The van der Waals surface area contributed by atoms with Gasteiger partial charge in [0.15, 0.2) is 0 Å². The van der Waals surface area contributed by atoms with E-state index in [-0.39, 0.29) is 0 Å². The quantitative estimate of drug-likeness (QED) is 0.833. The number of benzene rings is 1. The SMILES string of the molecule is CCOC(=O)c1cc(CCc2ccc(C(F)(F)F)cc2)c(C)[nH]1. The lowest BCUT2D eigenvalue weighted by molar-refractivity contribution is -0.137. The van der Waals surface area contributed by atoms with Crippen LogP contribution in [-0.4, -0.2) is 17.6 Å². The monoisotopic (exact) mass is 325 g/mol. The first kappa shape index (κ1) is 17.1. The number of H-pyrrole nitrogens is 1. The van der Waals surface area contributed by atoms with Gasteiger partial charge in [-0.15, -0.1) is 0 Å². The molecule has 0 unspecified atom stereocenters. The second-order valence-electron chi connectivity index (χ2n) is 5.25. The third kappa shape index (κ3) is 4.37. The van der Waals surface area contributed by atoms with E-state index in [2.05, 4.69) is 4.98 Å². The molecule has 2 aromatic rings. The van der Waals surface area contributed by atoms with Gasteiger partial charge in [-0.2, -0.15) is 13.2 Å². The Morgan fingerprint density at radius 3 is 2.39 bits per heavy atom. The Morgan fingerprint density at radius 2 is 1.83 bits per heavy atom. The van der Waals surface area contributed by atoms with Crippen molar-refractivity contribution in [2.75, 3.05) is 6.61 Å². The van der Waals surface area contributed by atoms with Gasteiger partial charge in [-0.25, -0.2) is 4.79 Å². The summed E-state index contributed by atoms with van der Waals surface area (Å²) in [6.45, 7) is 3.89. The number of aromatic amines is 1. The van der Waals surface area contributed by atoms with Crippen LogP contribution in [0.5, 0.6) is 0 Å². The second kappa shape index (κ2) is 6.89. The zero-order valence-corrected chi connectivity index (χ0v) is 13.0. The summed E-state index contributed by atoms with van der Waals surface area (Å²) in [5.74, 6) is -0.406. The van der Waals surface area contributed by atoms with Crippen LogP contribution in [0.4, 0.5) is 13.2 Å². The van der Waals surface area contributed by atoms with E-state index in [1.807, 2.05) is 6.92 Å². The number of alkyl halides is 3. The van der Waals surface area contributed by atoms with Crippen molar-refractivity contribution in [1.82, 2.24) is 4.98 Å². The molecule has 3 nitrogen and oxygen atoms in total. The van der Waals surface area contributed by atoms with E-state index in [0.717, 1.165) is 29.0 Å². The largest absolute Gasteiger partial charge is 0.461 e. The first-order chi connectivity index (χ1) is 10.8. The normalized spacial score (nSPS) is 11.5. The minimum absolute atomic E-state index is 0.303. The number of halogens is 3. The first-order valence-corrected chi connectivity index (χ1v) is 7.33. The molecular formula is C17H18F3NO2. The Morgan fingerprint density at radius 1 is 1.17 bits per heavy atom. The third-order valence-electron chi connectivity index (χ3n) is 3.58. The van der Waals surface area contributed by atoms with Gasteiger partial charge < -0.3 is 9.72 Å². The molecule has 1 aromatic carbocycles. The van der Waals surface area contributed by atoms with E-state index in [0.29, 0.717) is 25.1 Å². The van der Waals surface area contributed by atoms with E-state index in [1.54, 1.807) is 13.0 Å². The predicted octanol–water partition coefficient (Wildman–Crippen LogP) is 4.30. The standard InChI is InChI=1S/C17H18F3NO2/c1-3-23-16(22)15-10-13(11(2)21-15)7-4-12-5-8-14(9-6-12)17(18,19)20/h5-6,8-10,21H,3-4,7H2,1-2H3. The van der Waals surface area contributed by atoms with E-state index in [4.69, 9.17) is 4.74 Å². The maximum absolute atomic E-state index is 12.5. The highest BCUT2D eigenvalue weighted by Gasteiger charge is 2.29. The maximum atomic E-state index is 12.5. The molecule has 0 amide bonds. The third-order valence-corrected chi connectivity index (χ3v) is 3.58. The van der Waals surface area contributed by atoms with Gasteiger partial charge >= 0.3 is 12.1 Å². The summed E-state index contributed by atoms with van der Waals surface area (Å²) in [6.07, 6.45) is -3.09. The number of aryl methyl sites for hydroxylation is 3. The van der Waals surface area contributed by atoms with E-state index in [1.165, 1.54) is 12.1 Å². The maximum Gasteiger partial charge on any atom is 0.416 e. The van der Waals surface area contributed by atoms with Crippen LogP contribution in [0.2, 0.25) is 0 Å². The predicted molar refractivity (Wildman–Crippen MR) is 80.3 cm³/mol. The molecule has 23 heavy (non-hydrogen) atoms. The molecule has 124 valence electrons. The van der Waals surface area contributed by atoms with Crippen LogP contribution >= 0.6 is 0 Å². The number of aromatic nitrogens is 1. The number of esters is 1. The summed E-state index contributed by atoms with van der Waals surface area (Å²) in [6, 6.07) is 6.87. The van der Waals surface area contributed by atoms with Gasteiger partial charge in [0, 0.05) is 5.69 Å². The van der Waals surface area contributed by atoms with Crippen molar-refractivity contribution in [3.63, 3.8) is 0 Å². The van der Waals surface area contributed by atoms with Crippen molar-refractivity contribution < 1.29 is 22.7 Å². The first-order valence-electron chi connectivity index (χ1n) is 7.33. The minimum atomic E-state index is -4.32. The Hall–Kier alpha value is -2.24. The van der Waals surface area contributed by atoms with Crippen molar-refractivity contribution in [3.05, 3.63) is 58.4 Å². The van der Waals surface area contributed by atoms with E-state index in [9.17, 15) is 18.0 Å². The van der Waals surface area contributed by atoms with Gasteiger partial charge in [0.05, 0.1) is 12.2 Å². The fourth-order valence-corrected chi connectivity index (χ4v) is 2.32. The molecule has 6 heteroatoms. The molecule has 0 saturated carbocycles. The number of carbonyl (C=O) groups excluding carboxylic acids is 1. The number of ether oxygens (including phenoxy) is 1. The van der Waals surface area contributed by atoms with Crippen molar-refractivity contribution in [3.8, 4) is 0 Å². The summed E-state index contributed by atoms with van der Waals surface area (Å²) in [5.41, 5.74) is 2.37. The molecule has 0 bridgehead atoms.